The summed E-state index contributed by atoms with van der Waals surface area (Å²) in [7, 11) is 0. The smallest absolute Gasteiger partial charge is 0.119 e. The third-order valence-electron chi connectivity index (χ3n) is 3.76. The molecule has 1 aliphatic rings. The number of benzene rings is 1. The maximum atomic E-state index is 6.05. The number of hydrogen-bond donors (Lipinski definition) is 1. The van der Waals surface area contributed by atoms with Gasteiger partial charge in [0.2, 0.25) is 0 Å². The van der Waals surface area contributed by atoms with Gasteiger partial charge in [-0.2, -0.15) is 0 Å². The van der Waals surface area contributed by atoms with Crippen molar-refractivity contribution in [1.29, 1.82) is 0 Å². The van der Waals surface area contributed by atoms with E-state index in [0.717, 1.165) is 18.3 Å². The van der Waals surface area contributed by atoms with Crippen LogP contribution in [-0.2, 0) is 0 Å². The van der Waals surface area contributed by atoms with E-state index in [1.807, 2.05) is 13.8 Å². The van der Waals surface area contributed by atoms with Gasteiger partial charge in [0.1, 0.15) is 5.75 Å². The molecule has 1 aromatic rings. The molecule has 1 saturated carbocycles. The standard InChI is InChI=1S/C17H28N2O/c1-4-11-19(15-7-8-15)17(12-18)14-5-9-16(10-6-14)20-13(2)3/h5-6,9-10,13,15,17H,4,7-8,11-12,18H2,1-3H3. The molecule has 3 heteroatoms. The molecule has 0 aromatic heterocycles. The Bertz CT molecular complexity index is 398. The third kappa shape index (κ3) is 3.97. The van der Waals surface area contributed by atoms with Gasteiger partial charge in [0.05, 0.1) is 6.10 Å². The van der Waals surface area contributed by atoms with Gasteiger partial charge in [0.15, 0.2) is 0 Å². The first-order valence-electron chi connectivity index (χ1n) is 7.88. The molecule has 1 atom stereocenters. The molecule has 0 heterocycles. The van der Waals surface area contributed by atoms with E-state index in [1.165, 1.54) is 24.8 Å². The molecule has 0 amide bonds. The summed E-state index contributed by atoms with van der Waals surface area (Å²) < 4.78 is 5.71. The van der Waals surface area contributed by atoms with Crippen molar-refractivity contribution in [1.82, 2.24) is 4.90 Å². The van der Waals surface area contributed by atoms with Crippen LogP contribution in [0.3, 0.4) is 0 Å². The first-order chi connectivity index (χ1) is 9.65. The van der Waals surface area contributed by atoms with Crippen molar-refractivity contribution in [3.63, 3.8) is 0 Å². The fourth-order valence-electron chi connectivity index (χ4n) is 2.76. The molecule has 2 N–H and O–H groups in total. The second-order valence-corrected chi connectivity index (χ2v) is 5.96. The van der Waals surface area contributed by atoms with Gasteiger partial charge in [-0.15, -0.1) is 0 Å². The third-order valence-corrected chi connectivity index (χ3v) is 3.76. The van der Waals surface area contributed by atoms with Crippen LogP contribution >= 0.6 is 0 Å². The summed E-state index contributed by atoms with van der Waals surface area (Å²) in [6, 6.07) is 9.55. The van der Waals surface area contributed by atoms with E-state index in [9.17, 15) is 0 Å². The van der Waals surface area contributed by atoms with Crippen LogP contribution in [0.15, 0.2) is 24.3 Å². The van der Waals surface area contributed by atoms with Crippen molar-refractivity contribution in [3.8, 4) is 5.75 Å². The summed E-state index contributed by atoms with van der Waals surface area (Å²) in [4.78, 5) is 2.58. The van der Waals surface area contributed by atoms with Crippen LogP contribution in [0.2, 0.25) is 0 Å². The highest BCUT2D eigenvalue weighted by atomic mass is 16.5. The van der Waals surface area contributed by atoms with Crippen LogP contribution in [0.1, 0.15) is 51.6 Å². The highest BCUT2D eigenvalue weighted by molar-refractivity contribution is 5.30. The summed E-state index contributed by atoms with van der Waals surface area (Å²) in [6.07, 6.45) is 4.05. The average molecular weight is 276 g/mol. The normalized spacial score (nSPS) is 16.7. The van der Waals surface area contributed by atoms with Crippen molar-refractivity contribution >= 4 is 0 Å². The van der Waals surface area contributed by atoms with E-state index in [4.69, 9.17) is 10.5 Å². The molecule has 0 aliphatic heterocycles. The van der Waals surface area contributed by atoms with Gasteiger partial charge >= 0.3 is 0 Å². The maximum Gasteiger partial charge on any atom is 0.119 e. The van der Waals surface area contributed by atoms with Crippen LogP contribution in [-0.4, -0.2) is 30.1 Å². The molecule has 1 unspecified atom stereocenters. The lowest BCUT2D eigenvalue weighted by Gasteiger charge is -2.31. The molecule has 0 bridgehead atoms. The molecule has 1 aliphatic carbocycles. The SMILES string of the molecule is CCCN(C1CC1)C(CN)c1ccc(OC(C)C)cc1. The quantitative estimate of drug-likeness (QED) is 0.791. The Morgan fingerprint density at radius 3 is 2.35 bits per heavy atom. The molecular formula is C17H28N2O. The molecule has 20 heavy (non-hydrogen) atoms. The first kappa shape index (κ1) is 15.3. The minimum atomic E-state index is 0.217. The topological polar surface area (TPSA) is 38.5 Å². The van der Waals surface area contributed by atoms with Crippen LogP contribution < -0.4 is 10.5 Å². The Morgan fingerprint density at radius 1 is 1.25 bits per heavy atom. The summed E-state index contributed by atoms with van der Waals surface area (Å²) in [5.74, 6) is 0.938. The molecule has 0 saturated heterocycles. The summed E-state index contributed by atoms with van der Waals surface area (Å²) in [6.45, 7) is 8.15. The van der Waals surface area contributed by atoms with E-state index >= 15 is 0 Å². The Hall–Kier alpha value is -1.06. The Labute approximate surface area is 123 Å². The predicted molar refractivity (Wildman–Crippen MR) is 84.0 cm³/mol. The van der Waals surface area contributed by atoms with Gasteiger partial charge in [0, 0.05) is 18.6 Å². The minimum absolute atomic E-state index is 0.217. The molecule has 1 aromatic carbocycles. The van der Waals surface area contributed by atoms with Gasteiger partial charge in [-0.3, -0.25) is 4.90 Å². The zero-order valence-electron chi connectivity index (χ0n) is 13.0. The number of hydrogen-bond acceptors (Lipinski definition) is 3. The zero-order chi connectivity index (χ0) is 14.5. The van der Waals surface area contributed by atoms with Crippen LogP contribution in [0.4, 0.5) is 0 Å². The number of ether oxygens (including phenoxy) is 1. The van der Waals surface area contributed by atoms with Crippen molar-refractivity contribution < 1.29 is 4.74 Å². The van der Waals surface area contributed by atoms with Crippen LogP contribution in [0, 0.1) is 0 Å². The largest absolute Gasteiger partial charge is 0.491 e. The van der Waals surface area contributed by atoms with Gasteiger partial charge in [-0.25, -0.2) is 0 Å². The van der Waals surface area contributed by atoms with E-state index < -0.39 is 0 Å². The van der Waals surface area contributed by atoms with E-state index in [0.29, 0.717) is 12.6 Å². The van der Waals surface area contributed by atoms with E-state index in [2.05, 4.69) is 36.1 Å². The summed E-state index contributed by atoms with van der Waals surface area (Å²) in [5.41, 5.74) is 7.36. The van der Waals surface area contributed by atoms with Gasteiger partial charge in [0.25, 0.3) is 0 Å². The highest BCUT2D eigenvalue weighted by Crippen LogP contribution is 2.34. The molecule has 0 spiro atoms. The minimum Gasteiger partial charge on any atom is -0.491 e. The molecule has 3 nitrogen and oxygen atoms in total. The Kier molecular flexibility index (Phi) is 5.44. The Morgan fingerprint density at radius 2 is 1.90 bits per heavy atom. The lowest BCUT2D eigenvalue weighted by atomic mass is 10.0. The van der Waals surface area contributed by atoms with Crippen molar-refractivity contribution in [2.75, 3.05) is 13.1 Å². The molecule has 2 rings (SSSR count). The van der Waals surface area contributed by atoms with Gasteiger partial charge < -0.3 is 10.5 Å². The second kappa shape index (κ2) is 7.09. The molecule has 0 radical (unpaired) electrons. The van der Waals surface area contributed by atoms with Gasteiger partial charge in [-0.05, 0) is 57.4 Å². The summed E-state index contributed by atoms with van der Waals surface area (Å²) in [5, 5.41) is 0. The van der Waals surface area contributed by atoms with Crippen molar-refractivity contribution in [2.24, 2.45) is 5.73 Å². The number of nitrogens with two attached hydrogens (primary N) is 1. The number of nitrogens with zero attached hydrogens (tertiary/aromatic N) is 1. The van der Waals surface area contributed by atoms with Crippen LogP contribution in [0.5, 0.6) is 5.75 Å². The Balaban J connectivity index is 2.09. The fraction of sp³-hybridized carbons (Fsp3) is 0.647. The number of rotatable bonds is 8. The lowest BCUT2D eigenvalue weighted by Crippen LogP contribution is -2.36. The van der Waals surface area contributed by atoms with Crippen LogP contribution in [0.25, 0.3) is 0 Å². The van der Waals surface area contributed by atoms with Gasteiger partial charge in [-0.1, -0.05) is 19.1 Å². The molecular weight excluding hydrogens is 248 g/mol. The van der Waals surface area contributed by atoms with E-state index in [1.54, 1.807) is 0 Å². The average Bonchev–Trinajstić information content (AvgIpc) is 3.24. The lowest BCUT2D eigenvalue weighted by molar-refractivity contribution is 0.191. The van der Waals surface area contributed by atoms with Crippen molar-refractivity contribution in [2.45, 2.75) is 58.2 Å². The monoisotopic (exact) mass is 276 g/mol. The second-order valence-electron chi connectivity index (χ2n) is 5.96. The highest BCUT2D eigenvalue weighted by Gasteiger charge is 2.33. The molecule has 1 fully saturated rings. The van der Waals surface area contributed by atoms with E-state index in [-0.39, 0.29) is 6.10 Å². The zero-order valence-corrected chi connectivity index (χ0v) is 13.0. The maximum absolute atomic E-state index is 6.05. The summed E-state index contributed by atoms with van der Waals surface area (Å²) >= 11 is 0. The van der Waals surface area contributed by atoms with Crippen molar-refractivity contribution in [3.05, 3.63) is 29.8 Å². The first-order valence-corrected chi connectivity index (χ1v) is 7.88. The fourth-order valence-corrected chi connectivity index (χ4v) is 2.76. The molecule has 112 valence electrons. The predicted octanol–water partition coefficient (Wildman–Crippen LogP) is 3.35.